The van der Waals surface area contributed by atoms with E-state index >= 15 is 0 Å². The second kappa shape index (κ2) is 7.50. The number of rotatable bonds is 4. The van der Waals surface area contributed by atoms with Crippen LogP contribution < -0.4 is 11.2 Å². The summed E-state index contributed by atoms with van der Waals surface area (Å²) in [6.07, 6.45) is 1.66. The molecule has 0 aliphatic heterocycles. The molecule has 5 heteroatoms. The first-order chi connectivity index (χ1) is 12.9. The van der Waals surface area contributed by atoms with Gasteiger partial charge in [-0.1, -0.05) is 18.2 Å². The van der Waals surface area contributed by atoms with Gasteiger partial charge in [0, 0.05) is 28.3 Å². The van der Waals surface area contributed by atoms with E-state index in [0.717, 1.165) is 22.6 Å². The molecule has 0 atom stereocenters. The Balaban J connectivity index is 1.82. The predicted molar refractivity (Wildman–Crippen MR) is 111 cm³/mol. The number of anilines is 1. The minimum atomic E-state index is -0.327. The summed E-state index contributed by atoms with van der Waals surface area (Å²) in [6, 6.07) is 15.4. The van der Waals surface area contributed by atoms with Crippen LogP contribution >= 0.6 is 0 Å². The number of nitrogens with zero attached hydrogens (tertiary/aromatic N) is 2. The minimum Gasteiger partial charge on any atom is -0.398 e. The van der Waals surface area contributed by atoms with Crippen molar-refractivity contribution >= 4 is 17.8 Å². The third-order valence-corrected chi connectivity index (χ3v) is 4.79. The number of hydrazone groups is 1. The zero-order valence-electron chi connectivity index (χ0n) is 16.1. The Hall–Kier alpha value is -3.34. The van der Waals surface area contributed by atoms with Crippen LogP contribution in [-0.2, 0) is 0 Å². The summed E-state index contributed by atoms with van der Waals surface area (Å²) in [4.78, 5) is 12.2. The molecule has 0 saturated carbocycles. The Morgan fingerprint density at radius 3 is 2.48 bits per heavy atom. The second-order valence-electron chi connectivity index (χ2n) is 6.72. The van der Waals surface area contributed by atoms with Crippen molar-refractivity contribution in [3.63, 3.8) is 0 Å². The van der Waals surface area contributed by atoms with Crippen LogP contribution in [0.4, 0.5) is 5.69 Å². The first-order valence-electron chi connectivity index (χ1n) is 8.83. The van der Waals surface area contributed by atoms with Crippen LogP contribution in [0.5, 0.6) is 0 Å². The second-order valence-corrected chi connectivity index (χ2v) is 6.72. The molecular formula is C22H24N4O. The Labute approximate surface area is 159 Å². The topological polar surface area (TPSA) is 72.4 Å². The molecular weight excluding hydrogens is 336 g/mol. The fourth-order valence-corrected chi connectivity index (χ4v) is 3.10. The summed E-state index contributed by atoms with van der Waals surface area (Å²) in [5, 5.41) is 4.11. The van der Waals surface area contributed by atoms with Gasteiger partial charge in [-0.05, 0) is 69.2 Å². The van der Waals surface area contributed by atoms with Crippen molar-refractivity contribution in [2.75, 3.05) is 5.73 Å². The Morgan fingerprint density at radius 1 is 1.04 bits per heavy atom. The fraction of sp³-hybridized carbons (Fsp3) is 0.182. The Kier molecular flexibility index (Phi) is 5.12. The number of hydrogen-bond donors (Lipinski definition) is 2. The van der Waals surface area contributed by atoms with Crippen LogP contribution in [0.25, 0.3) is 5.69 Å². The molecule has 0 aliphatic carbocycles. The van der Waals surface area contributed by atoms with Crippen molar-refractivity contribution in [1.82, 2.24) is 9.99 Å². The van der Waals surface area contributed by atoms with E-state index in [-0.39, 0.29) is 5.91 Å². The number of nitrogens with one attached hydrogen (secondary N) is 1. The van der Waals surface area contributed by atoms with Crippen molar-refractivity contribution in [3.8, 4) is 5.69 Å². The van der Waals surface area contributed by atoms with Gasteiger partial charge >= 0.3 is 0 Å². The van der Waals surface area contributed by atoms with Crippen LogP contribution in [0.1, 0.15) is 38.4 Å². The molecule has 3 rings (SSSR count). The SMILES string of the molecule is Cc1ccc(-n2c(C)cc(/C=N\NC(=O)c3ccccc3N)c2C)cc1C. The van der Waals surface area contributed by atoms with Gasteiger partial charge in [0.15, 0.2) is 0 Å². The number of aryl methyl sites for hydroxylation is 3. The molecule has 1 aromatic heterocycles. The maximum Gasteiger partial charge on any atom is 0.273 e. The van der Waals surface area contributed by atoms with E-state index < -0.39 is 0 Å². The molecule has 0 spiro atoms. The Morgan fingerprint density at radius 2 is 1.78 bits per heavy atom. The van der Waals surface area contributed by atoms with Gasteiger partial charge in [0.05, 0.1) is 11.8 Å². The van der Waals surface area contributed by atoms with Gasteiger partial charge in [-0.25, -0.2) is 5.43 Å². The van der Waals surface area contributed by atoms with Crippen molar-refractivity contribution in [3.05, 3.63) is 82.2 Å². The number of carbonyl (C=O) groups excluding carboxylic acids is 1. The first kappa shape index (κ1) is 18.5. The summed E-state index contributed by atoms with van der Waals surface area (Å²) < 4.78 is 2.19. The molecule has 3 aromatic rings. The molecule has 1 heterocycles. The lowest BCUT2D eigenvalue weighted by molar-refractivity contribution is 0.0956. The molecule has 138 valence electrons. The lowest BCUT2D eigenvalue weighted by Crippen LogP contribution is -2.19. The molecule has 27 heavy (non-hydrogen) atoms. The third kappa shape index (κ3) is 3.77. The number of aromatic nitrogens is 1. The van der Waals surface area contributed by atoms with Gasteiger partial charge in [-0.2, -0.15) is 5.10 Å². The highest BCUT2D eigenvalue weighted by atomic mass is 16.2. The van der Waals surface area contributed by atoms with Crippen LogP contribution in [0.3, 0.4) is 0 Å². The molecule has 1 amide bonds. The summed E-state index contributed by atoms with van der Waals surface area (Å²) in [5.74, 6) is -0.327. The molecule has 2 aromatic carbocycles. The molecule has 0 aliphatic rings. The van der Waals surface area contributed by atoms with Crippen LogP contribution in [0.15, 0.2) is 53.6 Å². The summed E-state index contributed by atoms with van der Waals surface area (Å²) in [6.45, 7) is 8.32. The number of carbonyl (C=O) groups is 1. The average Bonchev–Trinajstić information content (AvgIpc) is 2.91. The van der Waals surface area contributed by atoms with E-state index in [4.69, 9.17) is 5.73 Å². The van der Waals surface area contributed by atoms with E-state index in [1.54, 1.807) is 30.5 Å². The Bertz CT molecular complexity index is 1030. The molecule has 0 saturated heterocycles. The van der Waals surface area contributed by atoms with Gasteiger partial charge in [0.2, 0.25) is 0 Å². The number of nitrogen functional groups attached to an aromatic ring is 1. The molecule has 0 bridgehead atoms. The summed E-state index contributed by atoms with van der Waals surface area (Å²) >= 11 is 0. The van der Waals surface area contributed by atoms with E-state index in [9.17, 15) is 4.79 Å². The van der Waals surface area contributed by atoms with Crippen molar-refractivity contribution in [2.24, 2.45) is 5.10 Å². The fourth-order valence-electron chi connectivity index (χ4n) is 3.10. The van der Waals surface area contributed by atoms with Gasteiger partial charge in [0.1, 0.15) is 0 Å². The monoisotopic (exact) mass is 360 g/mol. The first-order valence-corrected chi connectivity index (χ1v) is 8.83. The zero-order valence-corrected chi connectivity index (χ0v) is 16.1. The molecule has 5 nitrogen and oxygen atoms in total. The van der Waals surface area contributed by atoms with E-state index in [2.05, 4.69) is 60.1 Å². The lowest BCUT2D eigenvalue weighted by Gasteiger charge is -2.11. The average molecular weight is 360 g/mol. The normalized spacial score (nSPS) is 11.1. The van der Waals surface area contributed by atoms with Gasteiger partial charge in [0.25, 0.3) is 5.91 Å². The van der Waals surface area contributed by atoms with Crippen LogP contribution in [0, 0.1) is 27.7 Å². The molecule has 0 unspecified atom stereocenters. The predicted octanol–water partition coefficient (Wildman–Crippen LogP) is 4.06. The van der Waals surface area contributed by atoms with Crippen LogP contribution in [-0.4, -0.2) is 16.7 Å². The molecule has 3 N–H and O–H groups in total. The summed E-state index contributed by atoms with van der Waals surface area (Å²) in [7, 11) is 0. The number of benzene rings is 2. The van der Waals surface area contributed by atoms with E-state index in [0.29, 0.717) is 11.3 Å². The van der Waals surface area contributed by atoms with Crippen LogP contribution in [0.2, 0.25) is 0 Å². The van der Waals surface area contributed by atoms with Gasteiger partial charge in [-0.15, -0.1) is 0 Å². The highest BCUT2D eigenvalue weighted by Crippen LogP contribution is 2.21. The smallest absolute Gasteiger partial charge is 0.273 e. The maximum absolute atomic E-state index is 12.2. The number of hydrogen-bond acceptors (Lipinski definition) is 3. The number of para-hydroxylation sites is 1. The molecule has 0 fully saturated rings. The van der Waals surface area contributed by atoms with Gasteiger partial charge < -0.3 is 10.3 Å². The highest BCUT2D eigenvalue weighted by Gasteiger charge is 2.11. The quantitative estimate of drug-likeness (QED) is 0.418. The third-order valence-electron chi connectivity index (χ3n) is 4.79. The zero-order chi connectivity index (χ0) is 19.6. The lowest BCUT2D eigenvalue weighted by atomic mass is 10.1. The number of nitrogens with two attached hydrogens (primary N) is 1. The minimum absolute atomic E-state index is 0.327. The van der Waals surface area contributed by atoms with Crippen molar-refractivity contribution in [2.45, 2.75) is 27.7 Å². The highest BCUT2D eigenvalue weighted by molar-refractivity contribution is 5.99. The standard InChI is InChI=1S/C22H24N4O/c1-14-9-10-19(11-15(14)2)26-16(3)12-18(17(26)4)13-24-25-22(27)20-7-5-6-8-21(20)23/h5-13H,23H2,1-4H3,(H,25,27)/b24-13-. The van der Waals surface area contributed by atoms with Crippen molar-refractivity contribution in [1.29, 1.82) is 0 Å². The van der Waals surface area contributed by atoms with E-state index in [1.165, 1.54) is 11.1 Å². The maximum atomic E-state index is 12.2. The largest absolute Gasteiger partial charge is 0.398 e. The van der Waals surface area contributed by atoms with E-state index in [1.807, 2.05) is 6.92 Å². The molecule has 0 radical (unpaired) electrons. The van der Waals surface area contributed by atoms with Gasteiger partial charge in [-0.3, -0.25) is 4.79 Å². The summed E-state index contributed by atoms with van der Waals surface area (Å²) in [5.41, 5.74) is 16.0. The number of amides is 1. The van der Waals surface area contributed by atoms with Crippen molar-refractivity contribution < 1.29 is 4.79 Å².